The first-order valence-electron chi connectivity index (χ1n) is 20.7. The number of amides is 1. The number of hydrogen-bond donors (Lipinski definition) is 4. The van der Waals surface area contributed by atoms with Crippen LogP contribution in [0.2, 0.25) is 0 Å². The molecule has 10 rings (SSSR count). The maximum atomic E-state index is 12.3. The van der Waals surface area contributed by atoms with Crippen LogP contribution in [0.15, 0.2) is 25.0 Å². The fourth-order valence-electron chi connectivity index (χ4n) is 7.82. The number of carboxylic acid groups (broad SMARTS) is 1. The fraction of sp³-hybridized carbons (Fsp3) is 0.550. The summed E-state index contributed by atoms with van der Waals surface area (Å²) < 4.78 is 7.94. The van der Waals surface area contributed by atoms with E-state index in [9.17, 15) is 9.59 Å². The maximum absolute atomic E-state index is 12.3. The molecular weight excluding hydrogens is 753 g/mol. The Morgan fingerprint density at radius 2 is 1.27 bits per heavy atom. The second-order valence-corrected chi connectivity index (χ2v) is 15.8. The molecule has 2 aliphatic heterocycles. The zero-order chi connectivity index (χ0) is 41.4. The molecule has 0 aromatic carbocycles. The van der Waals surface area contributed by atoms with E-state index in [0.29, 0.717) is 11.9 Å². The van der Waals surface area contributed by atoms with E-state index in [2.05, 4.69) is 73.8 Å². The summed E-state index contributed by atoms with van der Waals surface area (Å²) in [5, 5.41) is 27.3. The number of hydrogen-bond acceptors (Lipinski definition) is 13. The maximum Gasteiger partial charge on any atom is 0.306 e. The van der Waals surface area contributed by atoms with Crippen molar-refractivity contribution in [2.75, 3.05) is 36.8 Å². The van der Waals surface area contributed by atoms with Crippen LogP contribution in [0.25, 0.3) is 45.1 Å². The van der Waals surface area contributed by atoms with Crippen LogP contribution in [-0.2, 0) is 36.8 Å². The number of aryl methyl sites for hydroxylation is 4. The van der Waals surface area contributed by atoms with E-state index in [4.69, 9.17) is 15.1 Å². The van der Waals surface area contributed by atoms with Crippen molar-refractivity contribution in [1.82, 2.24) is 68.8 Å². The van der Waals surface area contributed by atoms with Gasteiger partial charge < -0.3 is 35.1 Å². The molecule has 312 valence electrons. The van der Waals surface area contributed by atoms with Crippen molar-refractivity contribution in [3.8, 4) is 22.8 Å². The molecule has 19 nitrogen and oxygen atoms in total. The Morgan fingerprint density at radius 3 is 1.69 bits per heavy atom. The van der Waals surface area contributed by atoms with Crippen LogP contribution in [0.5, 0.6) is 0 Å². The molecule has 4 N–H and O–H groups in total. The molecule has 2 saturated heterocycles. The third-order valence-electron chi connectivity index (χ3n) is 11.7. The van der Waals surface area contributed by atoms with E-state index < -0.39 is 5.97 Å². The van der Waals surface area contributed by atoms with Crippen LogP contribution < -0.4 is 16.0 Å². The molecular formula is C40H54N16O3. The molecule has 19 heteroatoms. The molecule has 6 aromatic heterocycles. The minimum atomic E-state index is -0.630. The van der Waals surface area contributed by atoms with Crippen molar-refractivity contribution < 1.29 is 14.7 Å². The highest BCUT2D eigenvalue weighted by Crippen LogP contribution is 2.34. The molecule has 0 radical (unpaired) electrons. The number of fused-ring (bicyclic) bond motifs is 2. The lowest BCUT2D eigenvalue weighted by atomic mass is 10.2. The number of carbonyl (C=O) groups is 2. The minimum Gasteiger partial charge on any atom is -0.481 e. The van der Waals surface area contributed by atoms with Gasteiger partial charge in [-0.3, -0.25) is 19.0 Å². The Hall–Kier alpha value is -5.98. The van der Waals surface area contributed by atoms with Gasteiger partial charge in [0.25, 0.3) is 0 Å². The Kier molecular flexibility index (Phi) is 11.3. The molecule has 2 unspecified atom stereocenters. The first kappa shape index (κ1) is 39.8. The van der Waals surface area contributed by atoms with Gasteiger partial charge in [0.05, 0.1) is 29.4 Å². The summed E-state index contributed by atoms with van der Waals surface area (Å²) in [6.45, 7) is 13.5. The minimum absolute atomic E-state index is 0.0185. The zero-order valence-electron chi connectivity index (χ0n) is 34.7. The Labute approximate surface area is 342 Å². The highest BCUT2D eigenvalue weighted by Gasteiger charge is 2.37. The largest absolute Gasteiger partial charge is 0.481 e. The van der Waals surface area contributed by atoms with Crippen molar-refractivity contribution in [2.45, 2.75) is 91.4 Å². The van der Waals surface area contributed by atoms with Gasteiger partial charge in [-0.15, -0.1) is 0 Å². The van der Waals surface area contributed by atoms with Gasteiger partial charge in [0.2, 0.25) is 5.91 Å². The van der Waals surface area contributed by atoms with Crippen LogP contribution in [0.3, 0.4) is 0 Å². The summed E-state index contributed by atoms with van der Waals surface area (Å²) >= 11 is 0. The second kappa shape index (κ2) is 16.7. The molecule has 2 aliphatic carbocycles. The van der Waals surface area contributed by atoms with E-state index >= 15 is 0 Å². The highest BCUT2D eigenvalue weighted by atomic mass is 16.4. The van der Waals surface area contributed by atoms with Crippen molar-refractivity contribution >= 4 is 45.8 Å². The van der Waals surface area contributed by atoms with Gasteiger partial charge in [-0.05, 0) is 72.8 Å². The Morgan fingerprint density at radius 1 is 0.746 bits per heavy atom. The van der Waals surface area contributed by atoms with Gasteiger partial charge in [0.1, 0.15) is 24.3 Å². The van der Waals surface area contributed by atoms with Crippen molar-refractivity contribution in [2.24, 2.45) is 25.9 Å². The van der Waals surface area contributed by atoms with Gasteiger partial charge in [0, 0.05) is 76.2 Å². The fourth-order valence-corrected chi connectivity index (χ4v) is 7.82. The van der Waals surface area contributed by atoms with Crippen LogP contribution in [0.4, 0.5) is 11.6 Å². The highest BCUT2D eigenvalue weighted by molar-refractivity contribution is 5.88. The third-order valence-corrected chi connectivity index (χ3v) is 11.7. The molecule has 0 spiro atoms. The van der Waals surface area contributed by atoms with Crippen LogP contribution >= 0.6 is 0 Å². The lowest BCUT2D eigenvalue weighted by Gasteiger charge is -2.17. The number of aliphatic carboxylic acids is 1. The predicted molar refractivity (Wildman–Crippen MR) is 222 cm³/mol. The number of nitrogens with zero attached hydrogens (tertiary/aromatic N) is 13. The molecule has 8 heterocycles. The van der Waals surface area contributed by atoms with E-state index in [1.54, 1.807) is 12.7 Å². The zero-order valence-corrected chi connectivity index (χ0v) is 34.7. The summed E-state index contributed by atoms with van der Waals surface area (Å²) in [4.78, 5) is 51.5. The Bertz CT molecular complexity index is 2470. The smallest absolute Gasteiger partial charge is 0.306 e. The van der Waals surface area contributed by atoms with Gasteiger partial charge >= 0.3 is 5.97 Å². The molecule has 1 amide bonds. The number of carboxylic acids is 1. The lowest BCUT2D eigenvalue weighted by Crippen LogP contribution is -2.32. The second-order valence-electron chi connectivity index (χ2n) is 15.8. The van der Waals surface area contributed by atoms with Gasteiger partial charge in [-0.1, -0.05) is 0 Å². The lowest BCUT2D eigenvalue weighted by molar-refractivity contribution is -0.138. The summed E-state index contributed by atoms with van der Waals surface area (Å²) in [6.07, 6.45) is 12.8. The molecule has 2 saturated carbocycles. The summed E-state index contributed by atoms with van der Waals surface area (Å²) in [6, 6.07) is 0.573. The molecule has 59 heavy (non-hydrogen) atoms. The molecule has 4 fully saturated rings. The van der Waals surface area contributed by atoms with Gasteiger partial charge in [-0.2, -0.15) is 10.2 Å². The van der Waals surface area contributed by atoms with Crippen molar-refractivity contribution in [3.05, 3.63) is 36.4 Å². The number of imidazole rings is 2. The van der Waals surface area contributed by atoms with Crippen LogP contribution in [0, 0.1) is 25.7 Å². The average Bonchev–Trinajstić information content (AvgIpc) is 3.95. The monoisotopic (exact) mass is 806 g/mol. The summed E-state index contributed by atoms with van der Waals surface area (Å²) in [5.74, 6) is 3.20. The van der Waals surface area contributed by atoms with Gasteiger partial charge in [-0.25, -0.2) is 29.9 Å². The molecule has 2 atom stereocenters. The van der Waals surface area contributed by atoms with Gasteiger partial charge in [0.15, 0.2) is 34.0 Å². The summed E-state index contributed by atoms with van der Waals surface area (Å²) in [5.41, 5.74) is 7.40. The molecule has 0 bridgehead atoms. The van der Waals surface area contributed by atoms with E-state index in [-0.39, 0.29) is 17.9 Å². The van der Waals surface area contributed by atoms with E-state index in [1.807, 2.05) is 49.9 Å². The number of anilines is 2. The standard InChI is InChI=1S/C20H26N8O.C16H22N8.C4H6O2/c1-4-28-12(2)15(9-23-28)18-25-16-17(21-11-22-19(16)26(18)3)24-14-7-8-27(10-14)20(29)13-5-6-13;1-4-24-10(2)12(8-20-24)15-22-13-14(21-11-5-6-17-7-11)18-9-19-16(13)23(15)3;5-4(6)3-1-2-3/h9,11,13-14H,4-8,10H2,1-3H3,(H,21,22,24);8-9,11,17H,4-7H2,1-3H3,(H,18,19,21);3H,1-2H2,(H,5,6). The first-order valence-corrected chi connectivity index (χ1v) is 20.7. The van der Waals surface area contributed by atoms with E-state index in [0.717, 1.165) is 146 Å². The van der Waals surface area contributed by atoms with Crippen LogP contribution in [0.1, 0.15) is 63.8 Å². The first-order chi connectivity index (χ1) is 28.6. The number of likely N-dealkylation sites (tertiary alicyclic amines) is 1. The topological polar surface area (TPSA) is 217 Å². The normalized spacial score (nSPS) is 18.8. The Balaban J connectivity index is 0.000000146. The number of nitrogens with one attached hydrogen (secondary N) is 3. The predicted octanol–water partition coefficient (Wildman–Crippen LogP) is 3.79. The number of carbonyl (C=O) groups excluding carboxylic acids is 1. The molecule has 6 aromatic rings. The number of aromatic nitrogens is 12. The third kappa shape index (κ3) is 8.20. The summed E-state index contributed by atoms with van der Waals surface area (Å²) in [7, 11) is 3.96. The molecule has 4 aliphatic rings. The number of rotatable bonds is 10. The van der Waals surface area contributed by atoms with Crippen molar-refractivity contribution in [1.29, 1.82) is 0 Å². The van der Waals surface area contributed by atoms with Crippen LogP contribution in [-0.4, -0.2) is 119 Å². The van der Waals surface area contributed by atoms with Crippen molar-refractivity contribution in [3.63, 3.8) is 0 Å². The van der Waals surface area contributed by atoms with E-state index in [1.165, 1.54) is 0 Å². The average molecular weight is 807 g/mol. The SMILES string of the molecule is CCn1ncc(-c2nc3c(NC4CCN(C(=O)C5CC5)C4)ncnc3n2C)c1C.CCn1ncc(-c2nc3c(NC4CCNC4)ncnc3n2C)c1C.O=C(O)C1CC1. The quantitative estimate of drug-likeness (QED) is 0.155.